The summed E-state index contributed by atoms with van der Waals surface area (Å²) in [4.78, 5) is 9.71. The molecular weight excluding hydrogens is 739 g/mol. The molecule has 14 heteroatoms. The quantitative estimate of drug-likeness (QED) is 0.145. The molecule has 4 aromatic heterocycles. The SMILES string of the molecule is COc1cc(-c2cc(C3=C(c4csc(-c5occ(C6=Nc7ccccc7C6)c5OC)c4)C(F)(F)C(F)(F)C3(F)F)cs2)oc1C1=Nc2ccccc2C1. The zero-order valence-corrected chi connectivity index (χ0v) is 29.2. The number of hydrogen-bond donors (Lipinski definition) is 0. The zero-order valence-electron chi connectivity index (χ0n) is 27.6. The summed E-state index contributed by atoms with van der Waals surface area (Å²) in [6, 6.07) is 18.9. The van der Waals surface area contributed by atoms with E-state index in [0.29, 0.717) is 41.3 Å². The minimum Gasteiger partial charge on any atom is -0.493 e. The largest absolute Gasteiger partial charge is 0.493 e. The van der Waals surface area contributed by atoms with E-state index in [2.05, 4.69) is 9.98 Å². The highest BCUT2D eigenvalue weighted by Gasteiger charge is 2.80. The van der Waals surface area contributed by atoms with Crippen molar-refractivity contribution in [3.63, 3.8) is 0 Å². The highest BCUT2D eigenvalue weighted by atomic mass is 32.1. The molecule has 0 amide bonds. The number of allylic oxidation sites excluding steroid dienone is 2. The van der Waals surface area contributed by atoms with Gasteiger partial charge < -0.3 is 18.3 Å². The van der Waals surface area contributed by atoms with E-state index in [1.54, 1.807) is 0 Å². The molecule has 0 radical (unpaired) electrons. The molecule has 1 aliphatic carbocycles. The lowest BCUT2D eigenvalue weighted by atomic mass is 9.97. The fraction of sp³-hybridized carbons (Fsp3) is 0.179. The number of aliphatic imine (C=N–C) groups is 2. The second-order valence-corrected chi connectivity index (χ2v) is 14.4. The molecule has 9 rings (SSSR count). The molecule has 2 aromatic carbocycles. The summed E-state index contributed by atoms with van der Waals surface area (Å²) in [6.07, 6.45) is 2.36. The number of furan rings is 2. The van der Waals surface area contributed by atoms with E-state index >= 15 is 26.3 Å². The van der Waals surface area contributed by atoms with Crippen LogP contribution in [0.3, 0.4) is 0 Å². The van der Waals surface area contributed by atoms with Crippen molar-refractivity contribution in [3.8, 4) is 32.8 Å². The maximum Gasteiger partial charge on any atom is 0.380 e. The number of hydrogen-bond acceptors (Lipinski definition) is 8. The van der Waals surface area contributed by atoms with Gasteiger partial charge in [0.1, 0.15) is 12.0 Å². The van der Waals surface area contributed by atoms with E-state index in [-0.39, 0.29) is 27.0 Å². The number of alkyl halides is 6. The van der Waals surface area contributed by atoms with E-state index < -0.39 is 40.0 Å². The molecule has 0 atom stereocenters. The van der Waals surface area contributed by atoms with Crippen LogP contribution in [-0.4, -0.2) is 43.4 Å². The van der Waals surface area contributed by atoms with Crippen LogP contribution in [0.15, 0.2) is 103 Å². The third kappa shape index (κ3) is 4.91. The molecule has 2 aliphatic heterocycles. The molecular formula is C39H24F6N2O4S2. The van der Waals surface area contributed by atoms with E-state index in [1.165, 1.54) is 26.5 Å². The molecule has 0 spiro atoms. The Balaban J connectivity index is 1.10. The van der Waals surface area contributed by atoms with E-state index in [4.69, 9.17) is 18.3 Å². The Morgan fingerprint density at radius 2 is 1.25 bits per heavy atom. The Kier molecular flexibility index (Phi) is 7.48. The van der Waals surface area contributed by atoms with E-state index in [9.17, 15) is 0 Å². The molecule has 0 saturated carbocycles. The predicted molar refractivity (Wildman–Crippen MR) is 191 cm³/mol. The van der Waals surface area contributed by atoms with Gasteiger partial charge in [0.25, 0.3) is 0 Å². The van der Waals surface area contributed by atoms with Gasteiger partial charge >= 0.3 is 17.8 Å². The van der Waals surface area contributed by atoms with Gasteiger partial charge in [-0.05, 0) is 57.3 Å². The van der Waals surface area contributed by atoms with Crippen molar-refractivity contribution in [1.82, 2.24) is 0 Å². The van der Waals surface area contributed by atoms with Crippen molar-refractivity contribution in [2.75, 3.05) is 14.2 Å². The van der Waals surface area contributed by atoms with Gasteiger partial charge in [0.15, 0.2) is 23.0 Å². The van der Waals surface area contributed by atoms with Gasteiger partial charge in [-0.2, -0.15) is 26.3 Å². The number of nitrogens with zero attached hydrogens (tertiary/aromatic N) is 2. The van der Waals surface area contributed by atoms with Gasteiger partial charge in [0.2, 0.25) is 0 Å². The molecule has 0 fully saturated rings. The Morgan fingerprint density at radius 3 is 1.85 bits per heavy atom. The number of benzene rings is 2. The summed E-state index contributed by atoms with van der Waals surface area (Å²) >= 11 is 1.75. The summed E-state index contributed by atoms with van der Waals surface area (Å²) < 4.78 is 116. The Morgan fingerprint density at radius 1 is 0.679 bits per heavy atom. The van der Waals surface area contributed by atoms with Crippen LogP contribution in [0.5, 0.6) is 11.5 Å². The van der Waals surface area contributed by atoms with Crippen LogP contribution in [0.4, 0.5) is 37.7 Å². The molecule has 6 heterocycles. The van der Waals surface area contributed by atoms with Crippen molar-refractivity contribution in [3.05, 3.63) is 117 Å². The highest BCUT2D eigenvalue weighted by Crippen LogP contribution is 2.65. The summed E-state index contributed by atoms with van der Waals surface area (Å²) in [5.41, 5.74) is 1.33. The van der Waals surface area contributed by atoms with Crippen LogP contribution in [0.2, 0.25) is 0 Å². The molecule has 3 aliphatic rings. The van der Waals surface area contributed by atoms with Crippen molar-refractivity contribution < 1.29 is 44.7 Å². The molecule has 0 bridgehead atoms. The van der Waals surface area contributed by atoms with Crippen LogP contribution in [0.1, 0.15) is 33.6 Å². The molecule has 6 nitrogen and oxygen atoms in total. The lowest BCUT2D eigenvalue weighted by molar-refractivity contribution is -0.254. The molecule has 268 valence electrons. The summed E-state index contributed by atoms with van der Waals surface area (Å²) in [5.74, 6) is -15.0. The topological polar surface area (TPSA) is 69.5 Å². The van der Waals surface area contributed by atoms with Crippen molar-refractivity contribution in [2.24, 2.45) is 9.98 Å². The first-order valence-electron chi connectivity index (χ1n) is 16.1. The molecule has 0 saturated heterocycles. The fourth-order valence-corrected chi connectivity index (χ4v) is 8.72. The van der Waals surface area contributed by atoms with E-state index in [1.807, 2.05) is 48.5 Å². The highest BCUT2D eigenvalue weighted by molar-refractivity contribution is 7.14. The smallest absolute Gasteiger partial charge is 0.380 e. The number of methoxy groups -OCH3 is 2. The minimum absolute atomic E-state index is 0.120. The van der Waals surface area contributed by atoms with Gasteiger partial charge in [-0.25, -0.2) is 4.99 Å². The normalized spacial score (nSPS) is 17.9. The number of ether oxygens (including phenoxy) is 2. The van der Waals surface area contributed by atoms with Crippen molar-refractivity contribution in [2.45, 2.75) is 30.6 Å². The average molecular weight is 763 g/mol. The van der Waals surface area contributed by atoms with Crippen molar-refractivity contribution >= 4 is 56.6 Å². The monoisotopic (exact) mass is 762 g/mol. The standard InChI is InChI=1S/C39H24F6N2O4S2/c1-48-29-15-28(51-35(29)27-12-20-8-4-6-10-25(20)47-27)30-13-21(17-52-30)32-33(38(42,43)39(44,45)37(32,40)41)22-14-31(53-18-22)36-34(49-2)23(16-50-36)26-11-19-7-3-5-9-24(19)46-26/h3-10,13-18H,11-12H2,1-2H3. The molecule has 0 N–H and O–H groups in total. The first-order chi connectivity index (χ1) is 25.4. The van der Waals surface area contributed by atoms with Crippen LogP contribution in [0.25, 0.3) is 32.4 Å². The number of para-hydroxylation sites is 2. The molecule has 53 heavy (non-hydrogen) atoms. The minimum atomic E-state index is -5.73. The lowest BCUT2D eigenvalue weighted by Gasteiger charge is -2.25. The third-order valence-corrected chi connectivity index (χ3v) is 11.4. The zero-order chi connectivity index (χ0) is 36.9. The number of fused-ring (bicyclic) bond motifs is 2. The number of rotatable bonds is 8. The van der Waals surface area contributed by atoms with Crippen LogP contribution >= 0.6 is 22.7 Å². The van der Waals surface area contributed by atoms with Crippen molar-refractivity contribution in [1.29, 1.82) is 0 Å². The molecule has 0 unspecified atom stereocenters. The summed E-state index contributed by atoms with van der Waals surface area (Å²) in [7, 11) is 2.82. The van der Waals surface area contributed by atoms with Gasteiger partial charge in [-0.1, -0.05) is 36.4 Å². The average Bonchev–Trinajstić information content (AvgIpc) is 3.99. The van der Waals surface area contributed by atoms with E-state index in [0.717, 1.165) is 68.1 Å². The summed E-state index contributed by atoms with van der Waals surface area (Å²) in [6.45, 7) is 0. The Hall–Kier alpha value is -5.34. The first-order valence-corrected chi connectivity index (χ1v) is 17.9. The van der Waals surface area contributed by atoms with Gasteiger partial charge in [-0.15, -0.1) is 22.7 Å². The Labute approximate surface area is 305 Å². The maximum absolute atomic E-state index is 15.7. The fourth-order valence-electron chi connectivity index (χ4n) is 6.98. The second kappa shape index (κ2) is 11.8. The van der Waals surface area contributed by atoms with Gasteiger partial charge in [0, 0.05) is 30.1 Å². The first kappa shape index (κ1) is 33.5. The van der Waals surface area contributed by atoms with Crippen LogP contribution < -0.4 is 9.47 Å². The summed E-state index contributed by atoms with van der Waals surface area (Å²) in [5, 5.41) is 2.28. The lowest BCUT2D eigenvalue weighted by Crippen LogP contribution is -2.48. The maximum atomic E-state index is 15.7. The predicted octanol–water partition coefficient (Wildman–Crippen LogP) is 11.5. The second-order valence-electron chi connectivity index (χ2n) is 12.6. The third-order valence-electron chi connectivity index (χ3n) is 9.56. The van der Waals surface area contributed by atoms with Gasteiger partial charge in [-0.3, -0.25) is 4.99 Å². The van der Waals surface area contributed by atoms with Crippen LogP contribution in [0, 0.1) is 0 Å². The number of halogens is 6. The van der Waals surface area contributed by atoms with Crippen LogP contribution in [-0.2, 0) is 12.8 Å². The van der Waals surface area contributed by atoms with Gasteiger partial charge in [0.05, 0.1) is 52.3 Å². The Bertz CT molecular complexity index is 2550. The molecule has 6 aromatic rings. The number of thiophene rings is 2.